The van der Waals surface area contributed by atoms with Crippen LogP contribution in [0.1, 0.15) is 16.9 Å². The van der Waals surface area contributed by atoms with Gasteiger partial charge >= 0.3 is 5.97 Å². The van der Waals surface area contributed by atoms with E-state index in [0.717, 1.165) is 22.4 Å². The fourth-order valence-electron chi connectivity index (χ4n) is 2.19. The SMILES string of the molecule is COc1cc(C)c(-c2ccc(CC(=O)O)o2)c(C)c1. The molecule has 0 amide bonds. The summed E-state index contributed by atoms with van der Waals surface area (Å²) in [6.45, 7) is 3.95. The maximum Gasteiger partial charge on any atom is 0.311 e. The first kappa shape index (κ1) is 13.2. The van der Waals surface area contributed by atoms with Crippen molar-refractivity contribution in [1.82, 2.24) is 0 Å². The van der Waals surface area contributed by atoms with Crippen molar-refractivity contribution >= 4 is 5.97 Å². The molecule has 0 aliphatic carbocycles. The summed E-state index contributed by atoms with van der Waals surface area (Å²) in [5, 5.41) is 8.75. The summed E-state index contributed by atoms with van der Waals surface area (Å²) in [6, 6.07) is 7.37. The number of ether oxygens (including phenoxy) is 1. The number of carboxylic acid groups (broad SMARTS) is 1. The molecule has 100 valence electrons. The van der Waals surface area contributed by atoms with Crippen molar-refractivity contribution < 1.29 is 19.1 Å². The Morgan fingerprint density at radius 3 is 2.42 bits per heavy atom. The van der Waals surface area contributed by atoms with Gasteiger partial charge in [0.25, 0.3) is 0 Å². The lowest BCUT2D eigenvalue weighted by Crippen LogP contribution is -1.98. The molecule has 0 saturated carbocycles. The first-order valence-electron chi connectivity index (χ1n) is 5.97. The summed E-state index contributed by atoms with van der Waals surface area (Å²) in [6.07, 6.45) is -0.103. The third-order valence-electron chi connectivity index (χ3n) is 2.98. The molecule has 2 rings (SSSR count). The zero-order chi connectivity index (χ0) is 14.0. The van der Waals surface area contributed by atoms with Gasteiger partial charge in [0.05, 0.1) is 7.11 Å². The van der Waals surface area contributed by atoms with Gasteiger partial charge < -0.3 is 14.3 Å². The van der Waals surface area contributed by atoms with E-state index in [1.54, 1.807) is 19.2 Å². The van der Waals surface area contributed by atoms with E-state index in [4.69, 9.17) is 14.3 Å². The van der Waals surface area contributed by atoms with E-state index in [2.05, 4.69) is 0 Å². The van der Waals surface area contributed by atoms with Crippen LogP contribution < -0.4 is 4.74 Å². The number of benzene rings is 1. The van der Waals surface area contributed by atoms with Crippen molar-refractivity contribution in [2.24, 2.45) is 0 Å². The first-order valence-corrected chi connectivity index (χ1v) is 5.97. The molecule has 19 heavy (non-hydrogen) atoms. The minimum atomic E-state index is -0.899. The Kier molecular flexibility index (Phi) is 3.60. The Morgan fingerprint density at radius 1 is 1.26 bits per heavy atom. The Hall–Kier alpha value is -2.23. The average Bonchev–Trinajstić information content (AvgIpc) is 2.75. The minimum absolute atomic E-state index is 0.103. The molecule has 4 heteroatoms. The fourth-order valence-corrected chi connectivity index (χ4v) is 2.19. The van der Waals surface area contributed by atoms with Gasteiger partial charge in [-0.2, -0.15) is 0 Å². The number of aliphatic carboxylic acids is 1. The van der Waals surface area contributed by atoms with Gasteiger partial charge in [-0.1, -0.05) is 0 Å². The molecule has 2 aromatic rings. The van der Waals surface area contributed by atoms with Crippen molar-refractivity contribution in [3.8, 4) is 17.1 Å². The van der Waals surface area contributed by atoms with E-state index in [9.17, 15) is 4.79 Å². The second-order valence-electron chi connectivity index (χ2n) is 4.47. The highest BCUT2D eigenvalue weighted by atomic mass is 16.5. The monoisotopic (exact) mass is 260 g/mol. The Balaban J connectivity index is 2.41. The molecule has 0 spiro atoms. The van der Waals surface area contributed by atoms with Crippen LogP contribution in [-0.4, -0.2) is 18.2 Å². The number of carboxylic acids is 1. The Labute approximate surface area is 111 Å². The molecule has 1 aromatic heterocycles. The molecule has 0 aliphatic rings. The van der Waals surface area contributed by atoms with Gasteiger partial charge in [0.1, 0.15) is 23.7 Å². The molecule has 0 unspecified atom stereocenters. The maximum absolute atomic E-state index is 10.7. The predicted molar refractivity (Wildman–Crippen MR) is 71.5 cm³/mol. The van der Waals surface area contributed by atoms with Crippen LogP contribution in [0.15, 0.2) is 28.7 Å². The topological polar surface area (TPSA) is 59.7 Å². The molecule has 1 aromatic carbocycles. The highest BCUT2D eigenvalue weighted by Crippen LogP contribution is 2.32. The molecule has 0 fully saturated rings. The van der Waals surface area contributed by atoms with Gasteiger partial charge in [0.15, 0.2) is 0 Å². The van der Waals surface area contributed by atoms with E-state index in [0.29, 0.717) is 11.5 Å². The largest absolute Gasteiger partial charge is 0.497 e. The van der Waals surface area contributed by atoms with E-state index in [1.165, 1.54) is 0 Å². The van der Waals surface area contributed by atoms with Crippen molar-refractivity contribution in [1.29, 1.82) is 0 Å². The molecule has 0 saturated heterocycles. The van der Waals surface area contributed by atoms with Gasteiger partial charge in [-0.25, -0.2) is 0 Å². The summed E-state index contributed by atoms with van der Waals surface area (Å²) in [5.74, 6) is 1.05. The lowest BCUT2D eigenvalue weighted by atomic mass is 10.0. The second-order valence-corrected chi connectivity index (χ2v) is 4.47. The number of furan rings is 1. The number of methoxy groups -OCH3 is 1. The smallest absolute Gasteiger partial charge is 0.311 e. The summed E-state index contributed by atoms with van der Waals surface area (Å²) >= 11 is 0. The standard InChI is InChI=1S/C15H16O4/c1-9-6-12(18-3)7-10(2)15(9)13-5-4-11(19-13)8-14(16)17/h4-7H,8H2,1-3H3,(H,16,17). The van der Waals surface area contributed by atoms with Crippen LogP contribution >= 0.6 is 0 Å². The fraction of sp³-hybridized carbons (Fsp3) is 0.267. The van der Waals surface area contributed by atoms with Gasteiger partial charge in [0.2, 0.25) is 0 Å². The van der Waals surface area contributed by atoms with Gasteiger partial charge in [-0.05, 0) is 49.2 Å². The van der Waals surface area contributed by atoms with Crippen LogP contribution in [-0.2, 0) is 11.2 Å². The van der Waals surface area contributed by atoms with Crippen LogP contribution in [0.25, 0.3) is 11.3 Å². The maximum atomic E-state index is 10.7. The van der Waals surface area contributed by atoms with Crippen LogP contribution in [0.3, 0.4) is 0 Å². The molecular formula is C15H16O4. The first-order chi connectivity index (χ1) is 9.01. The van der Waals surface area contributed by atoms with Gasteiger partial charge in [0, 0.05) is 5.56 Å². The van der Waals surface area contributed by atoms with E-state index in [1.807, 2.05) is 26.0 Å². The van der Waals surface area contributed by atoms with E-state index >= 15 is 0 Å². The highest BCUT2D eigenvalue weighted by molar-refractivity contribution is 5.71. The summed E-state index contributed by atoms with van der Waals surface area (Å²) in [7, 11) is 1.63. The van der Waals surface area contributed by atoms with E-state index < -0.39 is 5.97 Å². The highest BCUT2D eigenvalue weighted by Gasteiger charge is 2.13. The zero-order valence-corrected chi connectivity index (χ0v) is 11.2. The lowest BCUT2D eigenvalue weighted by molar-refractivity contribution is -0.136. The number of hydrogen-bond donors (Lipinski definition) is 1. The second kappa shape index (κ2) is 5.18. The molecule has 0 radical (unpaired) electrons. The summed E-state index contributed by atoms with van der Waals surface area (Å²) in [4.78, 5) is 10.7. The third kappa shape index (κ3) is 2.78. The zero-order valence-electron chi connectivity index (χ0n) is 11.2. The normalized spacial score (nSPS) is 10.5. The van der Waals surface area contributed by atoms with Crippen molar-refractivity contribution in [3.05, 3.63) is 41.2 Å². The minimum Gasteiger partial charge on any atom is -0.497 e. The number of rotatable bonds is 4. The summed E-state index contributed by atoms with van der Waals surface area (Å²) in [5.41, 5.74) is 3.05. The van der Waals surface area contributed by atoms with Gasteiger partial charge in [-0.15, -0.1) is 0 Å². The quantitative estimate of drug-likeness (QED) is 0.917. The molecule has 0 aliphatic heterocycles. The summed E-state index contributed by atoms with van der Waals surface area (Å²) < 4.78 is 10.8. The molecule has 1 heterocycles. The Morgan fingerprint density at radius 2 is 1.89 bits per heavy atom. The third-order valence-corrected chi connectivity index (χ3v) is 2.98. The van der Waals surface area contributed by atoms with Crippen molar-refractivity contribution in [2.45, 2.75) is 20.3 Å². The lowest BCUT2D eigenvalue weighted by Gasteiger charge is -2.10. The van der Waals surface area contributed by atoms with E-state index in [-0.39, 0.29) is 6.42 Å². The van der Waals surface area contributed by atoms with Crippen LogP contribution in [0, 0.1) is 13.8 Å². The van der Waals surface area contributed by atoms with Crippen LogP contribution in [0.4, 0.5) is 0 Å². The number of aryl methyl sites for hydroxylation is 2. The van der Waals surface area contributed by atoms with Crippen LogP contribution in [0.2, 0.25) is 0 Å². The molecular weight excluding hydrogens is 244 g/mol. The van der Waals surface area contributed by atoms with Crippen molar-refractivity contribution in [3.63, 3.8) is 0 Å². The molecule has 4 nitrogen and oxygen atoms in total. The molecule has 0 atom stereocenters. The average molecular weight is 260 g/mol. The van der Waals surface area contributed by atoms with Crippen molar-refractivity contribution in [2.75, 3.05) is 7.11 Å². The van der Waals surface area contributed by atoms with Gasteiger partial charge in [-0.3, -0.25) is 4.79 Å². The van der Waals surface area contributed by atoms with Crippen LogP contribution in [0.5, 0.6) is 5.75 Å². The number of hydrogen-bond acceptors (Lipinski definition) is 3. The predicted octanol–water partition coefficient (Wildman–Crippen LogP) is 3.20. The number of carbonyl (C=O) groups is 1. The molecule has 1 N–H and O–H groups in total. The molecule has 0 bridgehead atoms. The Bertz CT molecular complexity index is 587.